The zero-order valence-corrected chi connectivity index (χ0v) is 13.2. The van der Waals surface area contributed by atoms with Crippen LogP contribution in [0.2, 0.25) is 0 Å². The van der Waals surface area contributed by atoms with Crippen molar-refractivity contribution in [2.24, 2.45) is 11.8 Å². The summed E-state index contributed by atoms with van der Waals surface area (Å²) in [5.41, 5.74) is 0. The van der Waals surface area contributed by atoms with E-state index in [0.29, 0.717) is 6.42 Å². The van der Waals surface area contributed by atoms with Gasteiger partial charge in [0.05, 0.1) is 0 Å². The summed E-state index contributed by atoms with van der Waals surface area (Å²) in [6, 6.07) is 0. The van der Waals surface area contributed by atoms with Gasteiger partial charge in [-0.2, -0.15) is 12.8 Å². The monoisotopic (exact) mass is 318 g/mol. The number of carboxylic acids is 1. The maximum Gasteiger partial charge on any atom is 1.00 e. The van der Waals surface area contributed by atoms with Crippen LogP contribution in [0.15, 0.2) is 0 Å². The second-order valence-electron chi connectivity index (χ2n) is 2.53. The van der Waals surface area contributed by atoms with Crippen LogP contribution < -0.4 is 34.7 Å². The van der Waals surface area contributed by atoms with Gasteiger partial charge in [-0.05, 0) is 5.92 Å². The van der Waals surface area contributed by atoms with Crippen molar-refractivity contribution < 1.29 is 72.2 Å². The Bertz CT molecular complexity index is 122. The van der Waals surface area contributed by atoms with Crippen LogP contribution in [-0.4, -0.2) is 5.97 Å². The van der Waals surface area contributed by atoms with Gasteiger partial charge in [0, 0.05) is 38.7 Å². The van der Waals surface area contributed by atoms with Crippen LogP contribution in [-0.2, 0) is 37.5 Å². The SMILES string of the molecule is C.C.C.C.C[CH-]C(C)C(CC)C(=O)[O-].[Na+].[Y]. The first-order chi connectivity index (χ1) is 4.63. The second-order valence-corrected chi connectivity index (χ2v) is 2.53. The topological polar surface area (TPSA) is 40.1 Å². The normalized spacial score (nSPS) is 10.2. The van der Waals surface area contributed by atoms with Crippen molar-refractivity contribution in [1.29, 1.82) is 0 Å². The minimum Gasteiger partial charge on any atom is -0.550 e. The molecule has 0 aromatic carbocycles. The summed E-state index contributed by atoms with van der Waals surface area (Å²) in [6.45, 7) is 5.63. The standard InChI is InChI=1S/C8H15O2.4CH4.Na.Y/c1-4-6(3)7(5-2)8(9)10;;;;;;/h4,6-7H,5H2,1-3H3,(H,9,10);4*1H4;;/q-1;;;;;+1;/p-1. The first-order valence-corrected chi connectivity index (χ1v) is 3.63. The van der Waals surface area contributed by atoms with E-state index in [1.165, 1.54) is 0 Å². The summed E-state index contributed by atoms with van der Waals surface area (Å²) in [7, 11) is 0. The van der Waals surface area contributed by atoms with Crippen LogP contribution in [0.25, 0.3) is 0 Å². The molecule has 0 saturated heterocycles. The number of rotatable bonds is 4. The molecule has 0 saturated carbocycles. The van der Waals surface area contributed by atoms with E-state index in [2.05, 4.69) is 0 Å². The van der Waals surface area contributed by atoms with Gasteiger partial charge in [-0.15, -0.1) is 0 Å². The van der Waals surface area contributed by atoms with E-state index in [1.54, 1.807) is 0 Å². The van der Waals surface area contributed by atoms with E-state index in [-0.39, 0.29) is 104 Å². The Balaban J connectivity index is -0.0000000270. The van der Waals surface area contributed by atoms with Crippen molar-refractivity contribution in [3.8, 4) is 0 Å². The molecule has 0 N–H and O–H groups in total. The van der Waals surface area contributed by atoms with E-state index >= 15 is 0 Å². The van der Waals surface area contributed by atoms with Gasteiger partial charge < -0.3 is 16.3 Å². The molecule has 1 radical (unpaired) electrons. The van der Waals surface area contributed by atoms with Gasteiger partial charge in [-0.1, -0.05) is 50.0 Å². The summed E-state index contributed by atoms with van der Waals surface area (Å²) < 4.78 is 0. The Morgan fingerprint density at radius 3 is 1.62 bits per heavy atom. The van der Waals surface area contributed by atoms with Crippen LogP contribution in [0.5, 0.6) is 0 Å². The maximum atomic E-state index is 10.4. The summed E-state index contributed by atoms with van der Waals surface area (Å²) >= 11 is 0. The van der Waals surface area contributed by atoms with Crippen LogP contribution >= 0.6 is 0 Å². The molecule has 2 atom stereocenters. The molecule has 16 heavy (non-hydrogen) atoms. The fraction of sp³-hybridized carbons (Fsp3) is 0.833. The largest absolute Gasteiger partial charge is 1.00 e. The Hall–Kier alpha value is 1.57. The summed E-state index contributed by atoms with van der Waals surface area (Å²) in [6.07, 6.45) is 2.54. The predicted molar refractivity (Wildman–Crippen MR) is 64.9 cm³/mol. The second kappa shape index (κ2) is 25.4. The number of hydrogen-bond acceptors (Lipinski definition) is 2. The molecule has 0 aliphatic heterocycles. The van der Waals surface area contributed by atoms with Crippen molar-refractivity contribution in [1.82, 2.24) is 0 Å². The van der Waals surface area contributed by atoms with Gasteiger partial charge in [0.15, 0.2) is 0 Å². The molecular weight excluding hydrogens is 288 g/mol. The molecule has 0 aliphatic rings. The number of carbonyl (C=O) groups is 1. The molecule has 0 rings (SSSR count). The Morgan fingerprint density at radius 1 is 1.25 bits per heavy atom. The molecule has 0 bridgehead atoms. The first-order valence-electron chi connectivity index (χ1n) is 3.63. The number of aliphatic carboxylic acids is 1. The van der Waals surface area contributed by atoms with Crippen LogP contribution in [0.1, 0.15) is 56.9 Å². The minimum atomic E-state index is -0.937. The van der Waals surface area contributed by atoms with E-state index < -0.39 is 5.97 Å². The summed E-state index contributed by atoms with van der Waals surface area (Å²) in [5, 5.41) is 10.4. The van der Waals surface area contributed by atoms with Gasteiger partial charge >= 0.3 is 29.6 Å². The average Bonchev–Trinajstić information content (AvgIpc) is 1.88. The molecule has 0 fully saturated rings. The van der Waals surface area contributed by atoms with Gasteiger partial charge in [0.1, 0.15) is 0 Å². The predicted octanol–water partition coefficient (Wildman–Crippen LogP) is 0.169. The van der Waals surface area contributed by atoms with Crippen LogP contribution in [0.3, 0.4) is 0 Å². The Labute approximate surface area is 152 Å². The van der Waals surface area contributed by atoms with Gasteiger partial charge in [0.25, 0.3) is 0 Å². The smallest absolute Gasteiger partial charge is 0.550 e. The van der Waals surface area contributed by atoms with E-state index in [4.69, 9.17) is 0 Å². The molecule has 0 amide bonds. The fourth-order valence-corrected chi connectivity index (χ4v) is 0.985. The molecule has 0 spiro atoms. The van der Waals surface area contributed by atoms with Gasteiger partial charge in [-0.3, -0.25) is 0 Å². The molecule has 2 nitrogen and oxygen atoms in total. The average molecular weight is 318 g/mol. The van der Waals surface area contributed by atoms with E-state index in [1.807, 2.05) is 27.2 Å². The van der Waals surface area contributed by atoms with Crippen molar-refractivity contribution in [2.75, 3.05) is 0 Å². The summed E-state index contributed by atoms with van der Waals surface area (Å²) in [5.74, 6) is -1.13. The molecule has 0 aliphatic carbocycles. The van der Waals surface area contributed by atoms with Crippen molar-refractivity contribution >= 4 is 5.97 Å². The number of carbonyl (C=O) groups excluding carboxylic acids is 1. The molecule has 95 valence electrons. The van der Waals surface area contributed by atoms with E-state index in [0.717, 1.165) is 0 Å². The molecule has 0 aromatic rings. The maximum absolute atomic E-state index is 10.4. The quantitative estimate of drug-likeness (QED) is 0.548. The molecule has 4 heteroatoms. The zero-order valence-electron chi connectivity index (χ0n) is 8.33. The van der Waals surface area contributed by atoms with Crippen LogP contribution in [0.4, 0.5) is 0 Å². The van der Waals surface area contributed by atoms with Crippen molar-refractivity contribution in [2.45, 2.75) is 56.9 Å². The molecular formula is C12H30NaO2Y-. The van der Waals surface area contributed by atoms with Crippen molar-refractivity contribution in [3.63, 3.8) is 0 Å². The molecule has 0 aromatic heterocycles. The first kappa shape index (κ1) is 43.2. The third-order valence-corrected chi connectivity index (χ3v) is 1.90. The molecule has 0 heterocycles. The van der Waals surface area contributed by atoms with Crippen molar-refractivity contribution in [3.05, 3.63) is 6.42 Å². The third kappa shape index (κ3) is 18.0. The molecule has 2 unspecified atom stereocenters. The number of carboxylic acid groups (broad SMARTS) is 1. The minimum absolute atomic E-state index is 0. The summed E-state index contributed by atoms with van der Waals surface area (Å²) in [4.78, 5) is 10.4. The Morgan fingerprint density at radius 2 is 1.56 bits per heavy atom. The fourth-order valence-electron chi connectivity index (χ4n) is 0.985. The Kier molecular flexibility index (Phi) is 68.6. The number of hydrogen-bond donors (Lipinski definition) is 0. The third-order valence-electron chi connectivity index (χ3n) is 1.90. The van der Waals surface area contributed by atoms with Crippen LogP contribution in [0, 0.1) is 18.3 Å². The zero-order chi connectivity index (χ0) is 8.15. The van der Waals surface area contributed by atoms with E-state index in [9.17, 15) is 9.90 Å². The van der Waals surface area contributed by atoms with Gasteiger partial charge in [-0.25, -0.2) is 0 Å². The van der Waals surface area contributed by atoms with Gasteiger partial charge in [0.2, 0.25) is 0 Å².